The minimum absolute atomic E-state index is 0.729. The summed E-state index contributed by atoms with van der Waals surface area (Å²) >= 11 is 0. The van der Waals surface area contributed by atoms with Gasteiger partial charge in [-0.2, -0.15) is 0 Å². The van der Waals surface area contributed by atoms with Gasteiger partial charge >= 0.3 is 0 Å². The molecule has 0 atom stereocenters. The van der Waals surface area contributed by atoms with Gasteiger partial charge in [0.25, 0.3) is 0 Å². The van der Waals surface area contributed by atoms with Gasteiger partial charge < -0.3 is 15.4 Å². The maximum atomic E-state index is 5.43. The van der Waals surface area contributed by atoms with Crippen LogP contribution in [0.5, 0.6) is 5.75 Å². The highest BCUT2D eigenvalue weighted by molar-refractivity contribution is 5.27. The standard InChI is InChI=1S/C15H24N2O/c1-2-18-15-5-3-13(4-6-15)11-17-12-14-7-9-16-10-8-14/h3-6,14,16-17H,2,7-12H2,1H3. The van der Waals surface area contributed by atoms with E-state index in [1.54, 1.807) is 0 Å². The van der Waals surface area contributed by atoms with Crippen LogP contribution >= 0.6 is 0 Å². The first-order chi connectivity index (χ1) is 8.88. The van der Waals surface area contributed by atoms with E-state index in [9.17, 15) is 0 Å². The first-order valence-electron chi connectivity index (χ1n) is 7.01. The number of ether oxygens (including phenoxy) is 1. The normalized spacial score (nSPS) is 16.7. The molecule has 0 aliphatic carbocycles. The van der Waals surface area contributed by atoms with Gasteiger partial charge in [0.1, 0.15) is 5.75 Å². The Morgan fingerprint density at radius 2 is 1.94 bits per heavy atom. The average molecular weight is 248 g/mol. The van der Waals surface area contributed by atoms with Gasteiger partial charge in [0.2, 0.25) is 0 Å². The Balaban J connectivity index is 1.69. The lowest BCUT2D eigenvalue weighted by Crippen LogP contribution is -2.33. The van der Waals surface area contributed by atoms with Crippen LogP contribution in [0, 0.1) is 5.92 Å². The molecule has 0 unspecified atom stereocenters. The number of nitrogens with one attached hydrogen (secondary N) is 2. The topological polar surface area (TPSA) is 33.3 Å². The van der Waals surface area contributed by atoms with Crippen LogP contribution in [0.25, 0.3) is 0 Å². The van der Waals surface area contributed by atoms with Crippen molar-refractivity contribution in [2.45, 2.75) is 26.3 Å². The van der Waals surface area contributed by atoms with Crippen LogP contribution in [0.3, 0.4) is 0 Å². The maximum absolute atomic E-state index is 5.43. The summed E-state index contributed by atoms with van der Waals surface area (Å²) in [5.41, 5.74) is 1.33. The quantitative estimate of drug-likeness (QED) is 0.809. The van der Waals surface area contributed by atoms with Crippen LogP contribution in [-0.2, 0) is 6.54 Å². The predicted molar refractivity (Wildman–Crippen MR) is 74.9 cm³/mol. The number of hydrogen-bond acceptors (Lipinski definition) is 3. The zero-order chi connectivity index (χ0) is 12.6. The van der Waals surface area contributed by atoms with E-state index in [2.05, 4.69) is 22.8 Å². The van der Waals surface area contributed by atoms with Crippen LogP contribution in [-0.4, -0.2) is 26.2 Å². The average Bonchev–Trinajstić information content (AvgIpc) is 2.42. The summed E-state index contributed by atoms with van der Waals surface area (Å²) < 4.78 is 5.43. The van der Waals surface area contributed by atoms with Crippen LogP contribution in [0.15, 0.2) is 24.3 Å². The van der Waals surface area contributed by atoms with E-state index in [0.717, 1.165) is 31.4 Å². The molecule has 3 nitrogen and oxygen atoms in total. The van der Waals surface area contributed by atoms with Crippen molar-refractivity contribution in [3.05, 3.63) is 29.8 Å². The van der Waals surface area contributed by atoms with Crippen molar-refractivity contribution < 1.29 is 4.74 Å². The van der Waals surface area contributed by atoms with E-state index in [1.165, 1.54) is 31.5 Å². The number of rotatable bonds is 6. The molecule has 0 bridgehead atoms. The van der Waals surface area contributed by atoms with Gasteiger partial charge in [0, 0.05) is 6.54 Å². The fraction of sp³-hybridized carbons (Fsp3) is 0.600. The summed E-state index contributed by atoms with van der Waals surface area (Å²) in [6, 6.07) is 8.37. The van der Waals surface area contributed by atoms with Crippen molar-refractivity contribution in [1.29, 1.82) is 0 Å². The number of hydrogen-bond donors (Lipinski definition) is 2. The zero-order valence-electron chi connectivity index (χ0n) is 11.2. The maximum Gasteiger partial charge on any atom is 0.119 e. The van der Waals surface area contributed by atoms with Crippen molar-refractivity contribution in [3.8, 4) is 5.75 Å². The van der Waals surface area contributed by atoms with E-state index in [0.29, 0.717) is 0 Å². The SMILES string of the molecule is CCOc1ccc(CNCC2CCNCC2)cc1. The molecule has 100 valence electrons. The molecule has 0 saturated carbocycles. The summed E-state index contributed by atoms with van der Waals surface area (Å²) in [5, 5.41) is 6.95. The molecule has 0 spiro atoms. The molecule has 3 heteroatoms. The third-order valence-electron chi connectivity index (χ3n) is 3.46. The summed E-state index contributed by atoms with van der Waals surface area (Å²) in [6.07, 6.45) is 2.60. The Labute approximate surface area is 110 Å². The zero-order valence-corrected chi connectivity index (χ0v) is 11.2. The third kappa shape index (κ3) is 4.31. The highest BCUT2D eigenvalue weighted by Crippen LogP contribution is 2.13. The fourth-order valence-corrected chi connectivity index (χ4v) is 2.38. The molecular weight excluding hydrogens is 224 g/mol. The lowest BCUT2D eigenvalue weighted by Gasteiger charge is -2.22. The van der Waals surface area contributed by atoms with Gasteiger partial charge in [-0.05, 0) is 63.0 Å². The Kier molecular flexibility index (Phi) is 5.49. The minimum Gasteiger partial charge on any atom is -0.494 e. The van der Waals surface area contributed by atoms with E-state index >= 15 is 0 Å². The number of benzene rings is 1. The first-order valence-corrected chi connectivity index (χ1v) is 7.01. The van der Waals surface area contributed by atoms with E-state index in [4.69, 9.17) is 4.74 Å². The van der Waals surface area contributed by atoms with Gasteiger partial charge in [-0.15, -0.1) is 0 Å². The fourth-order valence-electron chi connectivity index (χ4n) is 2.38. The molecule has 2 N–H and O–H groups in total. The molecule has 2 rings (SSSR count). The highest BCUT2D eigenvalue weighted by Gasteiger charge is 2.11. The molecule has 0 aromatic heterocycles. The van der Waals surface area contributed by atoms with Gasteiger partial charge in [0.05, 0.1) is 6.61 Å². The summed E-state index contributed by atoms with van der Waals surface area (Å²) in [4.78, 5) is 0. The summed E-state index contributed by atoms with van der Waals surface area (Å²) in [6.45, 7) is 7.18. The summed E-state index contributed by atoms with van der Waals surface area (Å²) in [7, 11) is 0. The molecular formula is C15H24N2O. The second kappa shape index (κ2) is 7.39. The Hall–Kier alpha value is -1.06. The van der Waals surface area contributed by atoms with Crippen LogP contribution in [0.4, 0.5) is 0 Å². The predicted octanol–water partition coefficient (Wildman–Crippen LogP) is 2.17. The molecule has 0 amide bonds. The van der Waals surface area contributed by atoms with Gasteiger partial charge in [-0.1, -0.05) is 12.1 Å². The largest absolute Gasteiger partial charge is 0.494 e. The molecule has 1 aromatic rings. The van der Waals surface area contributed by atoms with Crippen molar-refractivity contribution >= 4 is 0 Å². The molecule has 18 heavy (non-hydrogen) atoms. The smallest absolute Gasteiger partial charge is 0.119 e. The van der Waals surface area contributed by atoms with Gasteiger partial charge in [0.15, 0.2) is 0 Å². The van der Waals surface area contributed by atoms with E-state index in [-0.39, 0.29) is 0 Å². The molecule has 1 heterocycles. The Morgan fingerprint density at radius 1 is 1.22 bits per heavy atom. The minimum atomic E-state index is 0.729. The Morgan fingerprint density at radius 3 is 2.61 bits per heavy atom. The van der Waals surface area contributed by atoms with Gasteiger partial charge in [-0.3, -0.25) is 0 Å². The lowest BCUT2D eigenvalue weighted by atomic mass is 9.98. The highest BCUT2D eigenvalue weighted by atomic mass is 16.5. The van der Waals surface area contributed by atoms with Crippen LogP contribution in [0.2, 0.25) is 0 Å². The monoisotopic (exact) mass is 248 g/mol. The van der Waals surface area contributed by atoms with E-state index < -0.39 is 0 Å². The van der Waals surface area contributed by atoms with Crippen LogP contribution in [0.1, 0.15) is 25.3 Å². The molecule has 1 aromatic carbocycles. The van der Waals surface area contributed by atoms with Crippen molar-refractivity contribution in [1.82, 2.24) is 10.6 Å². The van der Waals surface area contributed by atoms with Crippen LogP contribution < -0.4 is 15.4 Å². The second-order valence-corrected chi connectivity index (χ2v) is 4.90. The molecule has 1 aliphatic heterocycles. The first kappa shape index (κ1) is 13.4. The third-order valence-corrected chi connectivity index (χ3v) is 3.46. The Bertz CT molecular complexity index is 331. The van der Waals surface area contributed by atoms with Crippen molar-refractivity contribution in [2.24, 2.45) is 5.92 Å². The summed E-state index contributed by atoms with van der Waals surface area (Å²) in [5.74, 6) is 1.80. The molecule has 1 aliphatic rings. The van der Waals surface area contributed by atoms with E-state index in [1.807, 2.05) is 19.1 Å². The van der Waals surface area contributed by atoms with Gasteiger partial charge in [-0.25, -0.2) is 0 Å². The van der Waals surface area contributed by atoms with Crippen molar-refractivity contribution in [2.75, 3.05) is 26.2 Å². The number of piperidine rings is 1. The molecule has 1 fully saturated rings. The second-order valence-electron chi connectivity index (χ2n) is 4.90. The molecule has 1 saturated heterocycles. The molecule has 0 radical (unpaired) electrons. The lowest BCUT2D eigenvalue weighted by molar-refractivity contribution is 0.340. The van der Waals surface area contributed by atoms with Crippen molar-refractivity contribution in [3.63, 3.8) is 0 Å².